The topological polar surface area (TPSA) is 72.2 Å². The molecule has 1 aliphatic rings. The zero-order valence-electron chi connectivity index (χ0n) is 9.89. The van der Waals surface area contributed by atoms with Crippen molar-refractivity contribution in [3.8, 4) is 0 Å². The van der Waals surface area contributed by atoms with Crippen molar-refractivity contribution in [3.05, 3.63) is 35.4 Å². The Balaban J connectivity index is 2.02. The van der Waals surface area contributed by atoms with Gasteiger partial charge in [-0.2, -0.15) is 0 Å². The minimum Gasteiger partial charge on any atom is -0.309 e. The van der Waals surface area contributed by atoms with Crippen LogP contribution in [0.5, 0.6) is 0 Å². The average Bonchev–Trinajstić information content (AvgIpc) is 2.29. The molecule has 0 amide bonds. The number of sulfonamides is 1. The molecule has 2 unspecified atom stereocenters. The number of hydrogen-bond donors (Lipinski definition) is 2. The van der Waals surface area contributed by atoms with Gasteiger partial charge in [0.25, 0.3) is 0 Å². The molecule has 1 fully saturated rings. The molecule has 1 aliphatic heterocycles. The fourth-order valence-corrected chi connectivity index (χ4v) is 2.99. The summed E-state index contributed by atoms with van der Waals surface area (Å²) in [5.74, 6) is 0. The van der Waals surface area contributed by atoms with Crippen LogP contribution < -0.4 is 10.5 Å². The molecule has 0 bridgehead atoms. The molecule has 1 aromatic carbocycles. The smallest absolute Gasteiger partial charge is 0.213 e. The van der Waals surface area contributed by atoms with Gasteiger partial charge in [-0.1, -0.05) is 29.8 Å². The van der Waals surface area contributed by atoms with E-state index in [0.717, 1.165) is 6.42 Å². The van der Waals surface area contributed by atoms with Crippen LogP contribution in [0.3, 0.4) is 0 Å². The second kappa shape index (κ2) is 4.76. The highest BCUT2D eigenvalue weighted by atomic mass is 32.2. The average molecular weight is 254 g/mol. The van der Waals surface area contributed by atoms with Gasteiger partial charge in [0.05, 0.1) is 5.25 Å². The summed E-state index contributed by atoms with van der Waals surface area (Å²) in [5, 5.41) is 7.96. The van der Waals surface area contributed by atoms with Gasteiger partial charge in [0.2, 0.25) is 10.0 Å². The Bertz CT molecular complexity index is 474. The quantitative estimate of drug-likeness (QED) is 0.829. The van der Waals surface area contributed by atoms with Crippen LogP contribution in [-0.2, 0) is 10.0 Å². The lowest BCUT2D eigenvalue weighted by molar-refractivity contribution is 0.408. The fraction of sp³-hybridized carbons (Fsp3) is 0.500. The maximum Gasteiger partial charge on any atom is 0.213 e. The number of piperidine rings is 1. The predicted octanol–water partition coefficient (Wildman–Crippen LogP) is 1.08. The summed E-state index contributed by atoms with van der Waals surface area (Å²) >= 11 is 0. The molecule has 94 valence electrons. The summed E-state index contributed by atoms with van der Waals surface area (Å²) in [6.45, 7) is 2.49. The third-order valence-corrected chi connectivity index (χ3v) is 4.65. The van der Waals surface area contributed by atoms with E-state index in [9.17, 15) is 8.42 Å². The number of benzene rings is 1. The summed E-state index contributed by atoms with van der Waals surface area (Å²) in [4.78, 5) is 0. The highest BCUT2D eigenvalue weighted by Crippen LogP contribution is 2.25. The van der Waals surface area contributed by atoms with E-state index in [1.807, 2.05) is 0 Å². The van der Waals surface area contributed by atoms with Crippen LogP contribution >= 0.6 is 0 Å². The van der Waals surface area contributed by atoms with E-state index in [1.165, 1.54) is 11.1 Å². The predicted molar refractivity (Wildman–Crippen MR) is 68.1 cm³/mol. The molecule has 3 N–H and O–H groups in total. The number of hydrogen-bond acceptors (Lipinski definition) is 3. The standard InChI is InChI=1S/C12H18N2O2S/c1-9-2-4-10(5-3-9)12-7-6-11(8-14-12)17(13,15)16/h2-5,11-12,14H,6-8H2,1H3,(H2,13,15,16). The second-order valence-corrected chi connectivity index (χ2v) is 6.50. The van der Waals surface area contributed by atoms with Crippen LogP contribution in [-0.4, -0.2) is 20.2 Å². The van der Waals surface area contributed by atoms with Gasteiger partial charge in [0.15, 0.2) is 0 Å². The molecule has 2 atom stereocenters. The first kappa shape index (κ1) is 12.5. The molecule has 1 heterocycles. The monoisotopic (exact) mass is 254 g/mol. The van der Waals surface area contributed by atoms with Crippen molar-refractivity contribution in [3.63, 3.8) is 0 Å². The highest BCUT2D eigenvalue weighted by molar-refractivity contribution is 7.89. The van der Waals surface area contributed by atoms with Crippen molar-refractivity contribution in [2.75, 3.05) is 6.54 Å². The summed E-state index contributed by atoms with van der Waals surface area (Å²) in [6.07, 6.45) is 1.44. The molecule has 2 rings (SSSR count). The largest absolute Gasteiger partial charge is 0.309 e. The van der Waals surface area contributed by atoms with Crippen LogP contribution in [0.1, 0.15) is 30.0 Å². The summed E-state index contributed by atoms with van der Waals surface area (Å²) in [6, 6.07) is 8.56. The minimum absolute atomic E-state index is 0.244. The summed E-state index contributed by atoms with van der Waals surface area (Å²) in [5.41, 5.74) is 2.44. The van der Waals surface area contributed by atoms with E-state index in [-0.39, 0.29) is 6.04 Å². The van der Waals surface area contributed by atoms with Crippen molar-refractivity contribution in [2.24, 2.45) is 5.14 Å². The van der Waals surface area contributed by atoms with E-state index < -0.39 is 15.3 Å². The van der Waals surface area contributed by atoms with Crippen LogP contribution in [0.4, 0.5) is 0 Å². The Hall–Kier alpha value is -0.910. The molecular weight excluding hydrogens is 236 g/mol. The number of primary sulfonamides is 1. The molecule has 0 saturated carbocycles. The van der Waals surface area contributed by atoms with E-state index in [0.29, 0.717) is 13.0 Å². The van der Waals surface area contributed by atoms with E-state index in [2.05, 4.69) is 36.5 Å². The van der Waals surface area contributed by atoms with Crippen molar-refractivity contribution in [2.45, 2.75) is 31.1 Å². The zero-order chi connectivity index (χ0) is 12.5. The molecule has 1 saturated heterocycles. The second-order valence-electron chi connectivity index (χ2n) is 4.66. The first-order valence-electron chi connectivity index (χ1n) is 5.78. The molecule has 5 heteroatoms. The summed E-state index contributed by atoms with van der Waals surface area (Å²) < 4.78 is 22.4. The van der Waals surface area contributed by atoms with Gasteiger partial charge in [0.1, 0.15) is 0 Å². The summed E-state index contributed by atoms with van der Waals surface area (Å²) in [7, 11) is -3.40. The highest BCUT2D eigenvalue weighted by Gasteiger charge is 2.28. The Morgan fingerprint density at radius 3 is 2.35 bits per heavy atom. The number of nitrogens with two attached hydrogens (primary N) is 1. The SMILES string of the molecule is Cc1ccc(C2CCC(S(N)(=O)=O)CN2)cc1. The third-order valence-electron chi connectivity index (χ3n) is 3.31. The molecule has 4 nitrogen and oxygen atoms in total. The van der Waals surface area contributed by atoms with E-state index in [4.69, 9.17) is 5.14 Å². The molecule has 0 aliphatic carbocycles. The normalized spacial score (nSPS) is 25.8. The minimum atomic E-state index is -3.40. The van der Waals surface area contributed by atoms with Gasteiger partial charge in [0, 0.05) is 12.6 Å². The van der Waals surface area contributed by atoms with Gasteiger partial charge in [-0.05, 0) is 25.3 Å². The lowest BCUT2D eigenvalue weighted by Crippen LogP contribution is -2.43. The Kier molecular flexibility index (Phi) is 3.51. The Labute approximate surface area is 102 Å². The number of rotatable bonds is 2. The van der Waals surface area contributed by atoms with Gasteiger partial charge >= 0.3 is 0 Å². The van der Waals surface area contributed by atoms with E-state index in [1.54, 1.807) is 0 Å². The van der Waals surface area contributed by atoms with Crippen molar-refractivity contribution >= 4 is 10.0 Å². The van der Waals surface area contributed by atoms with E-state index >= 15 is 0 Å². The van der Waals surface area contributed by atoms with Crippen LogP contribution in [0, 0.1) is 6.92 Å². The molecule has 17 heavy (non-hydrogen) atoms. The van der Waals surface area contributed by atoms with Gasteiger partial charge in [-0.15, -0.1) is 0 Å². The van der Waals surface area contributed by atoms with Crippen molar-refractivity contribution in [1.82, 2.24) is 5.32 Å². The lowest BCUT2D eigenvalue weighted by Gasteiger charge is -2.28. The number of aryl methyl sites for hydroxylation is 1. The van der Waals surface area contributed by atoms with Crippen LogP contribution in [0.2, 0.25) is 0 Å². The fourth-order valence-electron chi connectivity index (χ4n) is 2.19. The van der Waals surface area contributed by atoms with Gasteiger partial charge in [-0.25, -0.2) is 13.6 Å². The van der Waals surface area contributed by atoms with Gasteiger partial charge in [-0.3, -0.25) is 0 Å². The number of nitrogens with one attached hydrogen (secondary N) is 1. The molecule has 0 spiro atoms. The van der Waals surface area contributed by atoms with Crippen LogP contribution in [0.15, 0.2) is 24.3 Å². The molecule has 1 aromatic rings. The lowest BCUT2D eigenvalue weighted by atomic mass is 9.97. The first-order valence-corrected chi connectivity index (χ1v) is 7.39. The van der Waals surface area contributed by atoms with Crippen molar-refractivity contribution in [1.29, 1.82) is 0 Å². The molecule has 0 radical (unpaired) electrons. The molecular formula is C12H18N2O2S. The van der Waals surface area contributed by atoms with Crippen molar-refractivity contribution < 1.29 is 8.42 Å². The zero-order valence-corrected chi connectivity index (χ0v) is 10.7. The first-order chi connectivity index (χ1) is 7.97. The third kappa shape index (κ3) is 3.06. The Morgan fingerprint density at radius 1 is 1.24 bits per heavy atom. The maximum absolute atomic E-state index is 11.2. The maximum atomic E-state index is 11.2. The molecule has 0 aromatic heterocycles. The van der Waals surface area contributed by atoms with Crippen LogP contribution in [0.25, 0.3) is 0 Å². The van der Waals surface area contributed by atoms with Gasteiger partial charge < -0.3 is 5.32 Å². The Morgan fingerprint density at radius 2 is 1.88 bits per heavy atom.